The molecule has 2 amide bonds. The summed E-state index contributed by atoms with van der Waals surface area (Å²) in [4.78, 5) is 25.3. The van der Waals surface area contributed by atoms with Gasteiger partial charge in [0.1, 0.15) is 11.0 Å². The van der Waals surface area contributed by atoms with Gasteiger partial charge in [-0.15, -0.1) is 21.8 Å². The van der Waals surface area contributed by atoms with Gasteiger partial charge in [-0.1, -0.05) is 61.4 Å². The van der Waals surface area contributed by atoms with Crippen LogP contribution in [0.5, 0.6) is 0 Å². The Balaban J connectivity index is 2.13. The van der Waals surface area contributed by atoms with E-state index in [1.807, 2.05) is 45.0 Å². The molecule has 1 heterocycles. The number of nitrogens with one attached hydrogen (secondary N) is 2. The zero-order chi connectivity index (χ0) is 20.9. The van der Waals surface area contributed by atoms with Gasteiger partial charge in [-0.25, -0.2) is 0 Å². The minimum atomic E-state index is -0.755. The molecule has 0 radical (unpaired) electrons. The summed E-state index contributed by atoms with van der Waals surface area (Å²) in [5.41, 5.74) is 1.35. The third-order valence-corrected chi connectivity index (χ3v) is 6.24. The average Bonchev–Trinajstić information content (AvgIpc) is 3.13. The number of alkyl halides is 1. The molecule has 2 rings (SSSR count). The summed E-state index contributed by atoms with van der Waals surface area (Å²) in [6.45, 7) is 9.42. The van der Waals surface area contributed by atoms with E-state index in [0.717, 1.165) is 22.6 Å². The normalized spacial score (nSPS) is 13.6. The Morgan fingerprint density at radius 2 is 1.86 bits per heavy atom. The molecule has 2 aromatic rings. The number of aryl methyl sites for hydroxylation is 1. The summed E-state index contributed by atoms with van der Waals surface area (Å²) >= 11 is 7.18. The van der Waals surface area contributed by atoms with Crippen molar-refractivity contribution in [3.63, 3.8) is 0 Å². The lowest BCUT2D eigenvalue weighted by atomic mass is 9.92. The molecule has 0 fully saturated rings. The monoisotopic (exact) mass is 422 g/mol. The Kier molecular flexibility index (Phi) is 7.55. The van der Waals surface area contributed by atoms with Gasteiger partial charge in [0.25, 0.3) is 0 Å². The molecule has 2 N–H and O–H groups in total. The van der Waals surface area contributed by atoms with Crippen LogP contribution in [0, 0.1) is 18.3 Å². The molecule has 0 spiro atoms. The summed E-state index contributed by atoms with van der Waals surface area (Å²) in [6.07, 6.45) is 0.740. The number of carbonyl (C=O) groups is 2. The molecule has 6 nitrogen and oxygen atoms in total. The van der Waals surface area contributed by atoms with Crippen LogP contribution in [0.1, 0.15) is 39.7 Å². The lowest BCUT2D eigenvalue weighted by Crippen LogP contribution is -2.51. The van der Waals surface area contributed by atoms with Gasteiger partial charge in [0.15, 0.2) is 0 Å². The zero-order valence-electron chi connectivity index (χ0n) is 16.9. The summed E-state index contributed by atoms with van der Waals surface area (Å²) in [6, 6.07) is 7.27. The van der Waals surface area contributed by atoms with Crippen LogP contribution in [0.2, 0.25) is 0 Å². The number of benzene rings is 1. The van der Waals surface area contributed by atoms with Crippen molar-refractivity contribution in [2.24, 2.45) is 11.3 Å². The van der Waals surface area contributed by atoms with Crippen LogP contribution in [-0.4, -0.2) is 33.9 Å². The second-order valence-corrected chi connectivity index (χ2v) is 8.87. The SMILES string of the molecule is CCC(C)C(NC(=O)C(C)(C)CCl)C(=O)Nc1nnc(-c2ccc(C)cc2)s1. The van der Waals surface area contributed by atoms with Crippen LogP contribution < -0.4 is 10.6 Å². The summed E-state index contributed by atoms with van der Waals surface area (Å²) in [7, 11) is 0. The van der Waals surface area contributed by atoms with E-state index in [1.165, 1.54) is 11.3 Å². The quantitative estimate of drug-likeness (QED) is 0.623. The predicted octanol–water partition coefficient (Wildman–Crippen LogP) is 4.25. The van der Waals surface area contributed by atoms with Crippen molar-refractivity contribution in [2.75, 3.05) is 11.2 Å². The van der Waals surface area contributed by atoms with E-state index in [2.05, 4.69) is 20.8 Å². The van der Waals surface area contributed by atoms with Crippen LogP contribution in [0.3, 0.4) is 0 Å². The first kappa shape index (κ1) is 22.3. The minimum Gasteiger partial charge on any atom is -0.344 e. The topological polar surface area (TPSA) is 84.0 Å². The van der Waals surface area contributed by atoms with Crippen molar-refractivity contribution in [1.29, 1.82) is 0 Å². The van der Waals surface area contributed by atoms with Gasteiger partial charge in [-0.3, -0.25) is 14.9 Å². The second-order valence-electron chi connectivity index (χ2n) is 7.62. The molecule has 1 aromatic heterocycles. The summed E-state index contributed by atoms with van der Waals surface area (Å²) in [5.74, 6) is -0.427. The highest BCUT2D eigenvalue weighted by molar-refractivity contribution is 7.18. The number of amides is 2. The Morgan fingerprint density at radius 3 is 2.43 bits per heavy atom. The van der Waals surface area contributed by atoms with Gasteiger partial charge in [0.05, 0.1) is 5.41 Å². The Morgan fingerprint density at radius 1 is 1.21 bits per heavy atom. The van der Waals surface area contributed by atoms with E-state index in [1.54, 1.807) is 13.8 Å². The molecule has 0 aliphatic carbocycles. The second kappa shape index (κ2) is 9.47. The number of hydrogen-bond donors (Lipinski definition) is 2. The molecule has 0 saturated heterocycles. The first-order valence-corrected chi connectivity index (χ1v) is 10.6. The maximum absolute atomic E-state index is 12.8. The first-order chi connectivity index (χ1) is 13.2. The largest absolute Gasteiger partial charge is 0.344 e. The summed E-state index contributed by atoms with van der Waals surface area (Å²) < 4.78 is 0. The predicted molar refractivity (Wildman–Crippen MR) is 115 cm³/mol. The lowest BCUT2D eigenvalue weighted by molar-refractivity contribution is -0.132. The first-order valence-electron chi connectivity index (χ1n) is 9.26. The standard InChI is InChI=1S/C20H27ClN4O2S/c1-6-13(3)15(22-18(27)20(4,5)11-21)16(26)23-19-25-24-17(28-19)14-9-7-12(2)8-10-14/h7-10,13,15H,6,11H2,1-5H3,(H,22,27)(H,23,25,26). The fourth-order valence-corrected chi connectivity index (χ4v) is 3.24. The molecule has 2 atom stereocenters. The van der Waals surface area contributed by atoms with E-state index in [0.29, 0.717) is 5.13 Å². The number of nitrogens with zero attached hydrogens (tertiary/aromatic N) is 2. The molecule has 2 unspecified atom stereocenters. The van der Waals surface area contributed by atoms with Gasteiger partial charge in [0, 0.05) is 11.4 Å². The Labute approximate surface area is 175 Å². The maximum Gasteiger partial charge on any atom is 0.249 e. The van der Waals surface area contributed by atoms with Crippen LogP contribution >= 0.6 is 22.9 Å². The van der Waals surface area contributed by atoms with E-state index in [-0.39, 0.29) is 23.6 Å². The van der Waals surface area contributed by atoms with Crippen molar-refractivity contribution in [2.45, 2.75) is 47.1 Å². The highest BCUT2D eigenvalue weighted by Gasteiger charge is 2.33. The molecule has 0 aliphatic heterocycles. The molecule has 0 aliphatic rings. The van der Waals surface area contributed by atoms with E-state index in [9.17, 15) is 9.59 Å². The van der Waals surface area contributed by atoms with E-state index in [4.69, 9.17) is 11.6 Å². The Bertz CT molecular complexity index is 820. The number of halogens is 1. The Hall–Kier alpha value is -1.99. The van der Waals surface area contributed by atoms with E-state index >= 15 is 0 Å². The van der Waals surface area contributed by atoms with Gasteiger partial charge < -0.3 is 5.32 Å². The smallest absolute Gasteiger partial charge is 0.249 e. The van der Waals surface area contributed by atoms with Crippen LogP contribution in [0.15, 0.2) is 24.3 Å². The number of hydrogen-bond acceptors (Lipinski definition) is 5. The van der Waals surface area contributed by atoms with Crippen molar-refractivity contribution >= 4 is 39.9 Å². The number of anilines is 1. The fraction of sp³-hybridized carbons (Fsp3) is 0.500. The molecule has 1 aromatic carbocycles. The minimum absolute atomic E-state index is 0.0421. The van der Waals surface area contributed by atoms with Crippen molar-refractivity contribution in [1.82, 2.24) is 15.5 Å². The number of carbonyl (C=O) groups excluding carboxylic acids is 2. The molecule has 152 valence electrons. The van der Waals surface area contributed by atoms with Gasteiger partial charge in [-0.05, 0) is 26.7 Å². The van der Waals surface area contributed by atoms with Crippen molar-refractivity contribution < 1.29 is 9.59 Å². The zero-order valence-corrected chi connectivity index (χ0v) is 18.4. The average molecular weight is 423 g/mol. The molecule has 0 bridgehead atoms. The molecule has 28 heavy (non-hydrogen) atoms. The third kappa shape index (κ3) is 5.52. The third-order valence-electron chi connectivity index (χ3n) is 4.68. The highest BCUT2D eigenvalue weighted by atomic mass is 35.5. The molecular formula is C20H27ClN4O2S. The molecule has 0 saturated carbocycles. The van der Waals surface area contributed by atoms with E-state index < -0.39 is 11.5 Å². The van der Waals surface area contributed by atoms with Gasteiger partial charge >= 0.3 is 0 Å². The molecule has 8 heteroatoms. The van der Waals surface area contributed by atoms with Crippen LogP contribution in [0.25, 0.3) is 10.6 Å². The number of rotatable bonds is 8. The van der Waals surface area contributed by atoms with Crippen molar-refractivity contribution in [3.05, 3.63) is 29.8 Å². The maximum atomic E-state index is 12.8. The lowest BCUT2D eigenvalue weighted by Gasteiger charge is -2.28. The number of aromatic nitrogens is 2. The van der Waals surface area contributed by atoms with Gasteiger partial charge in [0.2, 0.25) is 16.9 Å². The van der Waals surface area contributed by atoms with Crippen LogP contribution in [0.4, 0.5) is 5.13 Å². The van der Waals surface area contributed by atoms with Crippen molar-refractivity contribution in [3.8, 4) is 10.6 Å². The van der Waals surface area contributed by atoms with Gasteiger partial charge in [-0.2, -0.15) is 0 Å². The fourth-order valence-electron chi connectivity index (χ4n) is 2.37. The van der Waals surface area contributed by atoms with Crippen LogP contribution in [-0.2, 0) is 9.59 Å². The highest BCUT2D eigenvalue weighted by Crippen LogP contribution is 2.27. The molecular weight excluding hydrogens is 396 g/mol. The summed E-state index contributed by atoms with van der Waals surface area (Å²) in [5, 5.41) is 15.0.